The first-order valence-electron chi connectivity index (χ1n) is 18.7. The van der Waals surface area contributed by atoms with Crippen LogP contribution in [0.3, 0.4) is 0 Å². The summed E-state index contributed by atoms with van der Waals surface area (Å²) in [5, 5.41) is 7.94. The van der Waals surface area contributed by atoms with Crippen LogP contribution in [0, 0.1) is 11.7 Å². The minimum atomic E-state index is -4.52. The Bertz CT molecular complexity index is 1580. The second-order valence-corrected chi connectivity index (χ2v) is 14.2. The standard InChI is InChI=1S/C39H51F4N3O9/c1-4-51-35(48)33(19-25(2)3)46-34(47)15-14-30-21-32(53-37(50)44-18-16-26-10-12-29(40)13-11-26)22-38(54-30)17-6-9-31(55-38)24-52-36(49)45-23-27-7-5-8-28(20-27)39(41,42)43/h5,7-8,10-13,20,25,30-33H,4,6,9,14-19,21-24H2,1-3H3,(H,44,50)(H,45,49)(H,46,47)/t30?,31?,32?,33-,38?/m0/s1. The first-order valence-corrected chi connectivity index (χ1v) is 18.7. The number of hydrogen-bond donors (Lipinski definition) is 3. The quantitative estimate of drug-likeness (QED) is 0.0958. The van der Waals surface area contributed by atoms with Gasteiger partial charge in [0.2, 0.25) is 5.91 Å². The third-order valence-electron chi connectivity index (χ3n) is 9.18. The van der Waals surface area contributed by atoms with Crippen molar-refractivity contribution in [3.8, 4) is 0 Å². The fourth-order valence-corrected chi connectivity index (χ4v) is 6.66. The minimum Gasteiger partial charge on any atom is -0.464 e. The van der Waals surface area contributed by atoms with E-state index in [4.69, 9.17) is 23.7 Å². The highest BCUT2D eigenvalue weighted by molar-refractivity contribution is 5.84. The fourth-order valence-electron chi connectivity index (χ4n) is 6.66. The van der Waals surface area contributed by atoms with Crippen LogP contribution in [0.2, 0.25) is 0 Å². The molecule has 0 bridgehead atoms. The Kier molecular flexibility index (Phi) is 16.1. The van der Waals surface area contributed by atoms with Crippen LogP contribution >= 0.6 is 0 Å². The lowest BCUT2D eigenvalue weighted by molar-refractivity contribution is -0.329. The number of carbonyl (C=O) groups is 4. The number of alkyl carbamates (subject to hydrolysis) is 2. The van der Waals surface area contributed by atoms with E-state index in [0.717, 1.165) is 17.7 Å². The Labute approximate surface area is 318 Å². The van der Waals surface area contributed by atoms with Crippen molar-refractivity contribution in [1.82, 2.24) is 16.0 Å². The zero-order valence-corrected chi connectivity index (χ0v) is 31.4. The molecule has 2 saturated heterocycles. The molecule has 0 radical (unpaired) electrons. The molecule has 2 fully saturated rings. The SMILES string of the molecule is CCOC(=O)[C@H](CC(C)C)NC(=O)CCC1CC(OC(=O)NCCc2ccc(F)cc2)CC2(CCCC(COC(=O)NCc3cccc(C(F)(F)F)c3)O2)O1. The van der Waals surface area contributed by atoms with Gasteiger partial charge in [0.25, 0.3) is 0 Å². The fraction of sp³-hybridized carbons (Fsp3) is 0.590. The van der Waals surface area contributed by atoms with Gasteiger partial charge >= 0.3 is 24.3 Å². The summed E-state index contributed by atoms with van der Waals surface area (Å²) in [6, 6.07) is 9.74. The first-order chi connectivity index (χ1) is 26.1. The lowest BCUT2D eigenvalue weighted by Crippen LogP contribution is -2.54. The third kappa shape index (κ3) is 14.6. The van der Waals surface area contributed by atoms with E-state index >= 15 is 0 Å². The molecule has 55 heavy (non-hydrogen) atoms. The maximum Gasteiger partial charge on any atom is 0.416 e. The van der Waals surface area contributed by atoms with Gasteiger partial charge in [0.15, 0.2) is 5.79 Å². The highest BCUT2D eigenvalue weighted by atomic mass is 19.4. The van der Waals surface area contributed by atoms with Gasteiger partial charge in [-0.2, -0.15) is 13.2 Å². The molecule has 5 atom stereocenters. The van der Waals surface area contributed by atoms with Gasteiger partial charge in [0.1, 0.15) is 24.6 Å². The van der Waals surface area contributed by atoms with Gasteiger partial charge in [0.05, 0.1) is 24.4 Å². The smallest absolute Gasteiger partial charge is 0.416 e. The molecule has 12 nitrogen and oxygen atoms in total. The molecular formula is C39H51F4N3O9. The molecule has 0 aliphatic carbocycles. The normalized spacial score (nSPS) is 21.7. The number of halogens is 4. The van der Waals surface area contributed by atoms with E-state index in [2.05, 4.69) is 16.0 Å². The van der Waals surface area contributed by atoms with Crippen LogP contribution in [0.4, 0.5) is 27.2 Å². The van der Waals surface area contributed by atoms with Crippen LogP contribution in [0.5, 0.6) is 0 Å². The molecule has 0 aromatic heterocycles. The molecule has 3 N–H and O–H groups in total. The lowest BCUT2D eigenvalue weighted by Gasteiger charge is -2.47. The highest BCUT2D eigenvalue weighted by Gasteiger charge is 2.47. The molecule has 2 aromatic carbocycles. The number of carbonyl (C=O) groups excluding carboxylic acids is 4. The van der Waals surface area contributed by atoms with Crippen molar-refractivity contribution < 1.29 is 60.4 Å². The summed E-state index contributed by atoms with van der Waals surface area (Å²) in [6.45, 7) is 5.62. The third-order valence-corrected chi connectivity index (χ3v) is 9.18. The number of ether oxygens (including phenoxy) is 5. The average molecular weight is 782 g/mol. The molecule has 2 aliphatic rings. The Balaban J connectivity index is 1.36. The number of benzene rings is 2. The zero-order chi connectivity index (χ0) is 40.0. The van der Waals surface area contributed by atoms with Gasteiger partial charge in [0, 0.05) is 38.8 Å². The second kappa shape index (κ2) is 20.5. The molecular weight excluding hydrogens is 730 g/mol. The van der Waals surface area contributed by atoms with E-state index in [0.29, 0.717) is 32.1 Å². The molecule has 0 saturated carbocycles. The largest absolute Gasteiger partial charge is 0.464 e. The van der Waals surface area contributed by atoms with Crippen LogP contribution < -0.4 is 16.0 Å². The predicted octanol–water partition coefficient (Wildman–Crippen LogP) is 6.73. The topological polar surface area (TPSA) is 151 Å². The number of esters is 1. The van der Waals surface area contributed by atoms with Crippen LogP contribution in [0.25, 0.3) is 0 Å². The van der Waals surface area contributed by atoms with E-state index in [1.807, 2.05) is 13.8 Å². The molecule has 304 valence electrons. The number of alkyl halides is 3. The van der Waals surface area contributed by atoms with Gasteiger partial charge < -0.3 is 39.6 Å². The van der Waals surface area contributed by atoms with Crippen molar-refractivity contribution in [3.05, 3.63) is 71.0 Å². The van der Waals surface area contributed by atoms with Crippen molar-refractivity contribution in [3.63, 3.8) is 0 Å². The zero-order valence-electron chi connectivity index (χ0n) is 31.4. The summed E-state index contributed by atoms with van der Waals surface area (Å²) in [7, 11) is 0. The maximum absolute atomic E-state index is 13.3. The predicted molar refractivity (Wildman–Crippen MR) is 191 cm³/mol. The molecule has 4 unspecified atom stereocenters. The number of nitrogens with one attached hydrogen (secondary N) is 3. The summed E-state index contributed by atoms with van der Waals surface area (Å²) in [5.74, 6) is -2.35. The minimum absolute atomic E-state index is 0.00389. The van der Waals surface area contributed by atoms with Gasteiger partial charge in [-0.05, 0) is 80.3 Å². The lowest BCUT2D eigenvalue weighted by atomic mass is 9.90. The van der Waals surface area contributed by atoms with E-state index in [9.17, 15) is 36.7 Å². The molecule has 4 rings (SSSR count). The maximum atomic E-state index is 13.3. The monoisotopic (exact) mass is 781 g/mol. The van der Waals surface area contributed by atoms with Crippen molar-refractivity contribution in [2.24, 2.45) is 5.92 Å². The second-order valence-electron chi connectivity index (χ2n) is 14.2. The summed E-state index contributed by atoms with van der Waals surface area (Å²) < 4.78 is 81.7. The van der Waals surface area contributed by atoms with Crippen LogP contribution in [-0.4, -0.2) is 74.0 Å². The summed E-state index contributed by atoms with van der Waals surface area (Å²) in [5.41, 5.74) is 0.248. The van der Waals surface area contributed by atoms with Gasteiger partial charge in [-0.15, -0.1) is 0 Å². The van der Waals surface area contributed by atoms with E-state index in [1.165, 1.54) is 24.3 Å². The first kappa shape index (κ1) is 43.3. The summed E-state index contributed by atoms with van der Waals surface area (Å²) >= 11 is 0. The number of amides is 3. The van der Waals surface area contributed by atoms with Gasteiger partial charge in [-0.1, -0.05) is 38.1 Å². The summed E-state index contributed by atoms with van der Waals surface area (Å²) in [4.78, 5) is 50.9. The van der Waals surface area contributed by atoms with Gasteiger partial charge in [-0.25, -0.2) is 18.8 Å². The van der Waals surface area contributed by atoms with E-state index in [1.54, 1.807) is 19.1 Å². The van der Waals surface area contributed by atoms with Crippen molar-refractivity contribution in [2.75, 3.05) is 19.8 Å². The number of hydrogen-bond acceptors (Lipinski definition) is 9. The van der Waals surface area contributed by atoms with Gasteiger partial charge in [-0.3, -0.25) is 4.79 Å². The Morgan fingerprint density at radius 1 is 0.964 bits per heavy atom. The van der Waals surface area contributed by atoms with E-state index < -0.39 is 60.0 Å². The molecule has 2 heterocycles. The molecule has 2 aliphatic heterocycles. The van der Waals surface area contributed by atoms with Crippen LogP contribution in [-0.2, 0) is 52.4 Å². The van der Waals surface area contributed by atoms with Crippen molar-refractivity contribution >= 4 is 24.1 Å². The van der Waals surface area contributed by atoms with Crippen LogP contribution in [0.15, 0.2) is 48.5 Å². The molecule has 1 spiro atoms. The summed E-state index contributed by atoms with van der Waals surface area (Å²) in [6.07, 6.45) is -4.83. The van der Waals surface area contributed by atoms with Crippen molar-refractivity contribution in [1.29, 1.82) is 0 Å². The molecule has 16 heteroatoms. The molecule has 3 amide bonds. The van der Waals surface area contributed by atoms with Crippen LogP contribution in [0.1, 0.15) is 88.8 Å². The Hall–Kier alpha value is -4.44. The molecule has 2 aromatic rings. The highest BCUT2D eigenvalue weighted by Crippen LogP contribution is 2.41. The van der Waals surface area contributed by atoms with Crippen molar-refractivity contribution in [2.45, 2.75) is 121 Å². The Morgan fingerprint density at radius 3 is 2.42 bits per heavy atom. The average Bonchev–Trinajstić information content (AvgIpc) is 3.12. The Morgan fingerprint density at radius 2 is 1.71 bits per heavy atom. The van der Waals surface area contributed by atoms with E-state index in [-0.39, 0.29) is 75.2 Å². The number of rotatable bonds is 16.